The number of hydrogen-bond donors (Lipinski definition) is 0. The van der Waals surface area contributed by atoms with E-state index in [4.69, 9.17) is 16.6 Å². The number of thiazole rings is 1. The Morgan fingerprint density at radius 1 is 1.06 bits per heavy atom. The van der Waals surface area contributed by atoms with Crippen molar-refractivity contribution in [1.29, 1.82) is 0 Å². The molecule has 0 aliphatic carbocycles. The van der Waals surface area contributed by atoms with Gasteiger partial charge in [-0.25, -0.2) is 13.4 Å². The lowest BCUT2D eigenvalue weighted by Gasteiger charge is -2.22. The molecule has 0 spiro atoms. The minimum Gasteiger partial charge on any atom is -0.309 e. The molecule has 0 aliphatic heterocycles. The second-order valence-corrected chi connectivity index (χ2v) is 11.7. The van der Waals surface area contributed by atoms with Crippen molar-refractivity contribution in [3.63, 3.8) is 0 Å². The lowest BCUT2D eigenvalue weighted by Crippen LogP contribution is -2.33. The molecule has 2 aromatic carbocycles. The van der Waals surface area contributed by atoms with E-state index in [1.54, 1.807) is 30.9 Å². The third-order valence-electron chi connectivity index (χ3n) is 5.55. The quantitative estimate of drug-likeness (QED) is 0.337. The summed E-state index contributed by atoms with van der Waals surface area (Å²) in [4.78, 5) is 22.2. The van der Waals surface area contributed by atoms with E-state index < -0.39 is 10.0 Å². The van der Waals surface area contributed by atoms with Crippen molar-refractivity contribution in [3.05, 3.63) is 52.5 Å². The highest BCUT2D eigenvalue weighted by Crippen LogP contribution is 2.34. The Bertz CT molecular complexity index is 1260. The molecule has 11 heteroatoms. The average Bonchev–Trinajstić information content (AvgIpc) is 3.21. The van der Waals surface area contributed by atoms with E-state index in [0.717, 1.165) is 28.7 Å². The van der Waals surface area contributed by atoms with Gasteiger partial charge in [0.05, 0.1) is 15.1 Å². The number of hydrogen-bond acceptors (Lipinski definition) is 6. The number of nitrogens with zero attached hydrogens (tertiary/aromatic N) is 4. The van der Waals surface area contributed by atoms with Gasteiger partial charge in [0.1, 0.15) is 0 Å². The molecule has 0 saturated heterocycles. The third-order valence-corrected chi connectivity index (χ3v) is 8.85. The number of halogens is 2. The summed E-state index contributed by atoms with van der Waals surface area (Å²) in [6.07, 6.45) is 0.767. The van der Waals surface area contributed by atoms with Crippen LogP contribution in [-0.2, 0) is 10.0 Å². The summed E-state index contributed by atoms with van der Waals surface area (Å²) >= 11 is 7.65. The lowest BCUT2D eigenvalue weighted by atomic mass is 10.2. The van der Waals surface area contributed by atoms with Gasteiger partial charge in [-0.2, -0.15) is 4.31 Å². The van der Waals surface area contributed by atoms with Crippen molar-refractivity contribution in [1.82, 2.24) is 14.2 Å². The number of aromatic nitrogens is 1. The maximum absolute atomic E-state index is 13.5. The zero-order valence-electron chi connectivity index (χ0n) is 20.6. The lowest BCUT2D eigenvalue weighted by molar-refractivity contribution is 0.0986. The summed E-state index contributed by atoms with van der Waals surface area (Å²) in [7, 11) is 0.395. The van der Waals surface area contributed by atoms with Gasteiger partial charge in [0.25, 0.3) is 5.91 Å². The number of sulfonamides is 1. The van der Waals surface area contributed by atoms with Gasteiger partial charge in [-0.15, -0.1) is 12.4 Å². The number of aryl methyl sites for hydroxylation is 1. The van der Waals surface area contributed by atoms with Gasteiger partial charge in [-0.3, -0.25) is 9.69 Å². The molecule has 0 N–H and O–H groups in total. The first-order chi connectivity index (χ1) is 16.1. The fraction of sp³-hybridized carbons (Fsp3) is 0.417. The van der Waals surface area contributed by atoms with Crippen LogP contribution in [0.15, 0.2) is 41.3 Å². The van der Waals surface area contributed by atoms with Crippen LogP contribution in [0.25, 0.3) is 10.2 Å². The Labute approximate surface area is 223 Å². The van der Waals surface area contributed by atoms with Crippen molar-refractivity contribution >= 4 is 66.6 Å². The van der Waals surface area contributed by atoms with E-state index in [1.807, 2.05) is 33.2 Å². The fourth-order valence-corrected chi connectivity index (χ4v) is 6.63. The van der Waals surface area contributed by atoms with Crippen molar-refractivity contribution in [2.75, 3.05) is 45.2 Å². The maximum Gasteiger partial charge on any atom is 0.260 e. The standard InChI is InChI=1S/C24H31ClN4O3S2.ClH/c1-6-28(7-2)34(31,32)20-11-9-18(10-12-20)23(30)29(14-8-13-27(4)5)24-26-22-17(3)15-19(25)16-21(22)33-24;/h9-12,15-16H,6-8,13-14H2,1-5H3;1H. The van der Waals surface area contributed by atoms with Crippen LogP contribution in [-0.4, -0.2) is 68.8 Å². The molecule has 0 unspecified atom stereocenters. The van der Waals surface area contributed by atoms with Gasteiger partial charge in [0.15, 0.2) is 5.13 Å². The number of rotatable bonds is 10. The SMILES string of the molecule is CCN(CC)S(=O)(=O)c1ccc(C(=O)N(CCCN(C)C)c2nc3c(C)cc(Cl)cc3s2)cc1.Cl. The van der Waals surface area contributed by atoms with E-state index >= 15 is 0 Å². The smallest absolute Gasteiger partial charge is 0.260 e. The van der Waals surface area contributed by atoms with E-state index in [9.17, 15) is 13.2 Å². The summed E-state index contributed by atoms with van der Waals surface area (Å²) in [6.45, 7) is 7.64. The molecule has 3 rings (SSSR count). The zero-order valence-corrected chi connectivity index (χ0v) is 23.8. The van der Waals surface area contributed by atoms with Crippen LogP contribution in [0.3, 0.4) is 0 Å². The highest BCUT2D eigenvalue weighted by molar-refractivity contribution is 7.89. The third kappa shape index (κ3) is 6.72. The molecule has 0 saturated carbocycles. The highest BCUT2D eigenvalue weighted by atomic mass is 35.5. The largest absolute Gasteiger partial charge is 0.309 e. The van der Waals surface area contributed by atoms with Crippen LogP contribution < -0.4 is 4.90 Å². The van der Waals surface area contributed by atoms with Crippen molar-refractivity contribution in [3.8, 4) is 0 Å². The molecule has 0 fully saturated rings. The summed E-state index contributed by atoms with van der Waals surface area (Å²) in [5.74, 6) is -0.214. The monoisotopic (exact) mass is 558 g/mol. The number of carbonyl (C=O) groups is 1. The molecule has 192 valence electrons. The van der Waals surface area contributed by atoms with Crippen LogP contribution in [0.2, 0.25) is 5.02 Å². The summed E-state index contributed by atoms with van der Waals surface area (Å²) in [5.41, 5.74) is 2.20. The maximum atomic E-state index is 13.5. The molecule has 0 aliphatic rings. The van der Waals surface area contributed by atoms with Gasteiger partial charge in [-0.05, 0) is 75.9 Å². The molecule has 1 heterocycles. The van der Waals surface area contributed by atoms with Gasteiger partial charge in [0, 0.05) is 30.2 Å². The Kier molecular flexibility index (Phi) is 10.5. The Balaban J connectivity index is 0.00000432. The van der Waals surface area contributed by atoms with Crippen LogP contribution in [0.4, 0.5) is 5.13 Å². The van der Waals surface area contributed by atoms with Crippen LogP contribution in [0, 0.1) is 6.92 Å². The van der Waals surface area contributed by atoms with Crippen molar-refractivity contribution in [2.24, 2.45) is 0 Å². The van der Waals surface area contributed by atoms with Gasteiger partial charge >= 0.3 is 0 Å². The van der Waals surface area contributed by atoms with E-state index in [0.29, 0.717) is 35.4 Å². The predicted octanol–water partition coefficient (Wildman–Crippen LogP) is 5.31. The van der Waals surface area contributed by atoms with E-state index in [1.165, 1.54) is 27.8 Å². The topological polar surface area (TPSA) is 73.8 Å². The summed E-state index contributed by atoms with van der Waals surface area (Å²) < 4.78 is 27.9. The van der Waals surface area contributed by atoms with Crippen LogP contribution in [0.1, 0.15) is 36.2 Å². The van der Waals surface area contributed by atoms with Crippen LogP contribution >= 0.6 is 35.3 Å². The number of benzene rings is 2. The fourth-order valence-electron chi connectivity index (χ4n) is 3.73. The number of anilines is 1. The van der Waals surface area contributed by atoms with Gasteiger partial charge in [0.2, 0.25) is 10.0 Å². The molecule has 0 radical (unpaired) electrons. The van der Waals surface area contributed by atoms with E-state index in [2.05, 4.69) is 4.90 Å². The normalized spacial score (nSPS) is 11.8. The highest BCUT2D eigenvalue weighted by Gasteiger charge is 2.25. The molecule has 3 aromatic rings. The van der Waals surface area contributed by atoms with Gasteiger partial charge < -0.3 is 4.90 Å². The number of amides is 1. The summed E-state index contributed by atoms with van der Waals surface area (Å²) in [6, 6.07) is 9.88. The number of fused-ring (bicyclic) bond motifs is 1. The van der Waals surface area contributed by atoms with Crippen molar-refractivity contribution in [2.45, 2.75) is 32.1 Å². The number of carbonyl (C=O) groups excluding carboxylic acids is 1. The Hall–Kier alpha value is -1.75. The average molecular weight is 560 g/mol. The molecule has 0 atom stereocenters. The molecule has 1 aromatic heterocycles. The molecular weight excluding hydrogens is 527 g/mol. The second kappa shape index (κ2) is 12.5. The van der Waals surface area contributed by atoms with Crippen molar-refractivity contribution < 1.29 is 13.2 Å². The molecule has 35 heavy (non-hydrogen) atoms. The summed E-state index contributed by atoms with van der Waals surface area (Å²) in [5, 5.41) is 1.24. The predicted molar refractivity (Wildman–Crippen MR) is 148 cm³/mol. The minimum absolute atomic E-state index is 0. The molecule has 1 amide bonds. The van der Waals surface area contributed by atoms with Crippen LogP contribution in [0.5, 0.6) is 0 Å². The first-order valence-electron chi connectivity index (χ1n) is 11.2. The minimum atomic E-state index is -3.59. The zero-order chi connectivity index (χ0) is 25.0. The Morgan fingerprint density at radius 2 is 1.69 bits per heavy atom. The van der Waals surface area contributed by atoms with Gasteiger partial charge in [-0.1, -0.05) is 36.8 Å². The first kappa shape index (κ1) is 29.5. The Morgan fingerprint density at radius 3 is 2.26 bits per heavy atom. The molecular formula is C24H32Cl2N4O3S2. The van der Waals surface area contributed by atoms with E-state index in [-0.39, 0.29) is 23.2 Å². The first-order valence-corrected chi connectivity index (χ1v) is 13.8. The molecule has 7 nitrogen and oxygen atoms in total. The second-order valence-electron chi connectivity index (χ2n) is 8.29. The molecule has 0 bridgehead atoms.